The molecule has 0 saturated carbocycles. The van der Waals surface area contributed by atoms with Gasteiger partial charge >= 0.3 is 5.97 Å². The molecule has 1 aromatic carbocycles. The van der Waals surface area contributed by atoms with E-state index in [0.717, 1.165) is 25.7 Å². The number of benzene rings is 1. The molecule has 21 heavy (non-hydrogen) atoms. The number of carboxylic acid groups (broad SMARTS) is 1. The van der Waals surface area contributed by atoms with Gasteiger partial charge in [-0.1, -0.05) is 12.8 Å². The van der Waals surface area contributed by atoms with Crippen LogP contribution < -0.4 is 4.74 Å². The summed E-state index contributed by atoms with van der Waals surface area (Å²) in [7, 11) is -2.32. The molecule has 6 nitrogen and oxygen atoms in total. The summed E-state index contributed by atoms with van der Waals surface area (Å²) in [6.07, 6.45) is 3.74. The van der Waals surface area contributed by atoms with E-state index in [1.807, 2.05) is 0 Å². The highest BCUT2D eigenvalue weighted by molar-refractivity contribution is 7.89. The van der Waals surface area contributed by atoms with Crippen LogP contribution >= 0.6 is 0 Å². The molecule has 0 bridgehead atoms. The first-order valence-electron chi connectivity index (χ1n) is 6.88. The first kappa shape index (κ1) is 15.8. The molecular weight excluding hydrogens is 294 g/mol. The molecule has 116 valence electrons. The maximum absolute atomic E-state index is 12.7. The molecule has 7 heteroatoms. The first-order chi connectivity index (χ1) is 9.96. The van der Waals surface area contributed by atoms with E-state index < -0.39 is 16.0 Å². The molecule has 0 atom stereocenters. The molecule has 1 aliphatic heterocycles. The van der Waals surface area contributed by atoms with Crippen molar-refractivity contribution in [3.05, 3.63) is 23.8 Å². The van der Waals surface area contributed by atoms with Gasteiger partial charge in [0, 0.05) is 13.1 Å². The van der Waals surface area contributed by atoms with Crippen molar-refractivity contribution in [1.29, 1.82) is 0 Å². The van der Waals surface area contributed by atoms with Gasteiger partial charge in [-0.3, -0.25) is 0 Å². The Hall–Kier alpha value is -1.60. The minimum Gasteiger partial charge on any atom is -0.495 e. The van der Waals surface area contributed by atoms with Gasteiger partial charge in [0.2, 0.25) is 10.0 Å². The van der Waals surface area contributed by atoms with E-state index in [4.69, 9.17) is 9.84 Å². The van der Waals surface area contributed by atoms with Gasteiger partial charge in [-0.05, 0) is 31.0 Å². The highest BCUT2D eigenvalue weighted by atomic mass is 32.2. The van der Waals surface area contributed by atoms with E-state index in [-0.39, 0.29) is 16.2 Å². The molecule has 1 saturated heterocycles. The second kappa shape index (κ2) is 6.44. The van der Waals surface area contributed by atoms with Crippen molar-refractivity contribution in [2.45, 2.75) is 30.6 Å². The lowest BCUT2D eigenvalue weighted by Gasteiger charge is -2.21. The number of ether oxygens (including phenoxy) is 1. The second-order valence-corrected chi connectivity index (χ2v) is 6.90. The molecule has 0 aromatic heterocycles. The monoisotopic (exact) mass is 313 g/mol. The number of hydrogen-bond acceptors (Lipinski definition) is 4. The quantitative estimate of drug-likeness (QED) is 0.918. The molecule has 1 N–H and O–H groups in total. The summed E-state index contributed by atoms with van der Waals surface area (Å²) >= 11 is 0. The fourth-order valence-corrected chi connectivity index (χ4v) is 4.09. The maximum atomic E-state index is 12.7. The summed E-state index contributed by atoms with van der Waals surface area (Å²) in [6.45, 7) is 0.984. The zero-order chi connectivity index (χ0) is 15.5. The Kier molecular flexibility index (Phi) is 4.84. The molecular formula is C14H19NO5S. The van der Waals surface area contributed by atoms with Crippen LogP contribution in [0.15, 0.2) is 23.1 Å². The number of carboxylic acids is 1. The summed E-state index contributed by atoms with van der Waals surface area (Å²) in [5, 5.41) is 8.97. The molecule has 1 heterocycles. The summed E-state index contributed by atoms with van der Waals surface area (Å²) in [5.41, 5.74) is 0.00154. The van der Waals surface area contributed by atoms with Crippen LogP contribution in [-0.4, -0.2) is 44.0 Å². The molecule has 0 aliphatic carbocycles. The van der Waals surface area contributed by atoms with Crippen LogP contribution in [-0.2, 0) is 10.0 Å². The number of rotatable bonds is 4. The number of sulfonamides is 1. The lowest BCUT2D eigenvalue weighted by molar-refractivity contribution is 0.0696. The summed E-state index contributed by atoms with van der Waals surface area (Å²) in [4.78, 5) is 11.0. The Morgan fingerprint density at radius 3 is 2.33 bits per heavy atom. The zero-order valence-corrected chi connectivity index (χ0v) is 12.7. The van der Waals surface area contributed by atoms with E-state index in [0.29, 0.717) is 13.1 Å². The van der Waals surface area contributed by atoms with Crippen LogP contribution in [0.3, 0.4) is 0 Å². The largest absolute Gasteiger partial charge is 0.495 e. The molecule has 2 rings (SSSR count). The van der Waals surface area contributed by atoms with Gasteiger partial charge in [0.05, 0.1) is 12.7 Å². The number of aromatic carboxylic acids is 1. The van der Waals surface area contributed by atoms with Crippen LogP contribution in [0.25, 0.3) is 0 Å². The van der Waals surface area contributed by atoms with Crippen molar-refractivity contribution in [2.75, 3.05) is 20.2 Å². The standard InChI is InChI=1S/C14H19NO5S/c1-20-12-10-11(14(16)17)6-7-13(12)21(18,19)15-8-4-2-3-5-9-15/h6-7,10H,2-5,8-9H2,1H3,(H,16,17). The average Bonchev–Trinajstić information content (AvgIpc) is 2.76. The van der Waals surface area contributed by atoms with Crippen molar-refractivity contribution < 1.29 is 23.1 Å². The first-order valence-corrected chi connectivity index (χ1v) is 8.32. The Bertz CT molecular complexity index is 618. The number of carbonyl (C=O) groups is 1. The molecule has 1 aliphatic rings. The fourth-order valence-electron chi connectivity index (χ4n) is 2.43. The second-order valence-electron chi connectivity index (χ2n) is 4.99. The Balaban J connectivity index is 2.41. The smallest absolute Gasteiger partial charge is 0.335 e. The van der Waals surface area contributed by atoms with Crippen LogP contribution in [0.1, 0.15) is 36.0 Å². The topological polar surface area (TPSA) is 83.9 Å². The van der Waals surface area contributed by atoms with E-state index in [9.17, 15) is 13.2 Å². The number of hydrogen-bond donors (Lipinski definition) is 1. The predicted octanol–water partition coefficient (Wildman–Crippen LogP) is 1.96. The Labute approximate surface area is 124 Å². The van der Waals surface area contributed by atoms with Crippen LogP contribution in [0.5, 0.6) is 5.75 Å². The fraction of sp³-hybridized carbons (Fsp3) is 0.500. The van der Waals surface area contributed by atoms with E-state index in [1.54, 1.807) is 0 Å². The molecule has 0 spiro atoms. The van der Waals surface area contributed by atoms with Gasteiger partial charge in [-0.25, -0.2) is 13.2 Å². The summed E-state index contributed by atoms with van der Waals surface area (Å²) in [6, 6.07) is 3.84. The highest BCUT2D eigenvalue weighted by Gasteiger charge is 2.28. The summed E-state index contributed by atoms with van der Waals surface area (Å²) < 4.78 is 31.9. The number of nitrogens with zero attached hydrogens (tertiary/aromatic N) is 1. The van der Waals surface area contributed by atoms with Gasteiger partial charge in [0.15, 0.2) is 0 Å². The SMILES string of the molecule is COc1cc(C(=O)O)ccc1S(=O)(=O)N1CCCCCC1. The maximum Gasteiger partial charge on any atom is 0.335 e. The molecule has 0 radical (unpaired) electrons. The van der Waals surface area contributed by atoms with Crippen LogP contribution in [0.4, 0.5) is 0 Å². The normalized spacial score (nSPS) is 17.2. The van der Waals surface area contributed by atoms with Crippen molar-refractivity contribution >= 4 is 16.0 Å². The highest BCUT2D eigenvalue weighted by Crippen LogP contribution is 2.29. The number of methoxy groups -OCH3 is 1. The van der Waals surface area contributed by atoms with Gasteiger partial charge < -0.3 is 9.84 Å². The molecule has 1 aromatic rings. The lowest BCUT2D eigenvalue weighted by Crippen LogP contribution is -2.32. The van der Waals surface area contributed by atoms with E-state index in [1.165, 1.54) is 29.6 Å². The van der Waals surface area contributed by atoms with Gasteiger partial charge in [-0.2, -0.15) is 4.31 Å². The summed E-state index contributed by atoms with van der Waals surface area (Å²) in [5.74, 6) is -1.05. The Morgan fingerprint density at radius 2 is 1.81 bits per heavy atom. The van der Waals surface area contributed by atoms with E-state index >= 15 is 0 Å². The third-order valence-corrected chi connectivity index (χ3v) is 5.53. The average molecular weight is 313 g/mol. The van der Waals surface area contributed by atoms with Crippen molar-refractivity contribution in [2.24, 2.45) is 0 Å². The third kappa shape index (κ3) is 3.36. The zero-order valence-electron chi connectivity index (χ0n) is 11.9. The van der Waals surface area contributed by atoms with Crippen LogP contribution in [0, 0.1) is 0 Å². The minimum absolute atomic E-state index is 0.00154. The van der Waals surface area contributed by atoms with Crippen LogP contribution in [0.2, 0.25) is 0 Å². The van der Waals surface area contributed by atoms with Gasteiger partial charge in [0.1, 0.15) is 10.6 Å². The third-order valence-electron chi connectivity index (χ3n) is 3.59. The predicted molar refractivity (Wildman–Crippen MR) is 77.2 cm³/mol. The Morgan fingerprint density at radius 1 is 1.19 bits per heavy atom. The van der Waals surface area contributed by atoms with Gasteiger partial charge in [0.25, 0.3) is 0 Å². The molecule has 1 fully saturated rings. The molecule has 0 amide bonds. The lowest BCUT2D eigenvalue weighted by atomic mass is 10.2. The van der Waals surface area contributed by atoms with Crippen molar-refractivity contribution in [3.63, 3.8) is 0 Å². The van der Waals surface area contributed by atoms with Gasteiger partial charge in [-0.15, -0.1) is 0 Å². The molecule has 0 unspecified atom stereocenters. The minimum atomic E-state index is -3.66. The van der Waals surface area contributed by atoms with Crippen molar-refractivity contribution in [1.82, 2.24) is 4.31 Å². The van der Waals surface area contributed by atoms with E-state index in [2.05, 4.69) is 0 Å². The van der Waals surface area contributed by atoms with Crippen molar-refractivity contribution in [3.8, 4) is 5.75 Å².